The van der Waals surface area contributed by atoms with Crippen molar-refractivity contribution < 1.29 is 4.74 Å². The first-order valence-corrected chi connectivity index (χ1v) is 11.8. The number of nitrogens with one attached hydrogen (secondary N) is 1. The number of hydrogen-bond donors (Lipinski definition) is 1. The van der Waals surface area contributed by atoms with Gasteiger partial charge in [-0.1, -0.05) is 51.7 Å². The van der Waals surface area contributed by atoms with Crippen molar-refractivity contribution >= 4 is 8.07 Å². The highest BCUT2D eigenvalue weighted by Crippen LogP contribution is 2.22. The van der Waals surface area contributed by atoms with Crippen LogP contribution in [0, 0.1) is 11.8 Å². The third-order valence-corrected chi connectivity index (χ3v) is 5.37. The molecule has 1 N–H and O–H groups in total. The van der Waals surface area contributed by atoms with E-state index < -0.39 is 8.07 Å². The van der Waals surface area contributed by atoms with E-state index in [4.69, 9.17) is 4.74 Å². The minimum atomic E-state index is -1.03. The quantitative estimate of drug-likeness (QED) is 0.681. The van der Waals surface area contributed by atoms with Crippen LogP contribution in [0.15, 0.2) is 24.3 Å². The van der Waals surface area contributed by atoms with E-state index in [-0.39, 0.29) is 0 Å². The minimum absolute atomic E-state index is 0.721. The first kappa shape index (κ1) is 18.2. The van der Waals surface area contributed by atoms with E-state index >= 15 is 0 Å². The third kappa shape index (κ3) is 8.27. The SMILES string of the molecule is COc1ccc(CC(CNCC(C)C)C[Si](C)(C)C)cc1. The van der Waals surface area contributed by atoms with Gasteiger partial charge in [0.15, 0.2) is 0 Å². The van der Waals surface area contributed by atoms with Crippen LogP contribution in [0.3, 0.4) is 0 Å². The molecule has 21 heavy (non-hydrogen) atoms. The maximum Gasteiger partial charge on any atom is 0.118 e. The van der Waals surface area contributed by atoms with Crippen molar-refractivity contribution in [2.24, 2.45) is 11.8 Å². The van der Waals surface area contributed by atoms with E-state index in [9.17, 15) is 0 Å². The van der Waals surface area contributed by atoms with Gasteiger partial charge in [-0.3, -0.25) is 0 Å². The van der Waals surface area contributed by atoms with E-state index in [0.717, 1.165) is 30.7 Å². The first-order valence-electron chi connectivity index (χ1n) is 8.14. The van der Waals surface area contributed by atoms with Gasteiger partial charge in [-0.05, 0) is 49.0 Å². The summed E-state index contributed by atoms with van der Waals surface area (Å²) in [7, 11) is 0.687. The minimum Gasteiger partial charge on any atom is -0.497 e. The van der Waals surface area contributed by atoms with Crippen LogP contribution in [0.2, 0.25) is 25.7 Å². The fraction of sp³-hybridized carbons (Fsp3) is 0.667. The second-order valence-corrected chi connectivity index (χ2v) is 13.3. The smallest absolute Gasteiger partial charge is 0.118 e. The average Bonchev–Trinajstić information content (AvgIpc) is 2.37. The molecular formula is C18H33NOSi. The molecule has 0 aromatic heterocycles. The van der Waals surface area contributed by atoms with Crippen LogP contribution in [-0.2, 0) is 6.42 Å². The summed E-state index contributed by atoms with van der Waals surface area (Å²) < 4.78 is 5.24. The van der Waals surface area contributed by atoms with Crippen molar-refractivity contribution in [2.45, 2.75) is 46.0 Å². The van der Waals surface area contributed by atoms with Crippen LogP contribution < -0.4 is 10.1 Å². The first-order chi connectivity index (χ1) is 9.80. The van der Waals surface area contributed by atoms with Crippen LogP contribution >= 0.6 is 0 Å². The normalized spacial score (nSPS) is 13.5. The molecule has 1 aromatic carbocycles. The van der Waals surface area contributed by atoms with Gasteiger partial charge in [0.05, 0.1) is 7.11 Å². The summed E-state index contributed by atoms with van der Waals surface area (Å²) in [6, 6.07) is 9.94. The Kier molecular flexibility index (Phi) is 7.47. The average molecular weight is 308 g/mol. The number of hydrogen-bond acceptors (Lipinski definition) is 2. The summed E-state index contributed by atoms with van der Waals surface area (Å²) in [5, 5.41) is 3.65. The highest BCUT2D eigenvalue weighted by molar-refractivity contribution is 6.76. The highest BCUT2D eigenvalue weighted by atomic mass is 28.3. The predicted octanol–water partition coefficient (Wildman–Crippen LogP) is 4.44. The largest absolute Gasteiger partial charge is 0.497 e. The molecule has 1 atom stereocenters. The van der Waals surface area contributed by atoms with Crippen molar-refractivity contribution in [3.63, 3.8) is 0 Å². The molecule has 1 unspecified atom stereocenters. The summed E-state index contributed by atoms with van der Waals surface area (Å²) in [5.41, 5.74) is 1.42. The van der Waals surface area contributed by atoms with E-state index in [1.54, 1.807) is 7.11 Å². The molecule has 2 nitrogen and oxygen atoms in total. The maximum atomic E-state index is 5.24. The van der Waals surface area contributed by atoms with Crippen molar-refractivity contribution in [2.75, 3.05) is 20.2 Å². The lowest BCUT2D eigenvalue weighted by atomic mass is 10.0. The van der Waals surface area contributed by atoms with Gasteiger partial charge >= 0.3 is 0 Å². The zero-order chi connectivity index (χ0) is 15.9. The van der Waals surface area contributed by atoms with Gasteiger partial charge in [-0.15, -0.1) is 0 Å². The number of rotatable bonds is 9. The Bertz CT molecular complexity index is 395. The zero-order valence-electron chi connectivity index (χ0n) is 14.7. The van der Waals surface area contributed by atoms with Gasteiger partial charge < -0.3 is 10.1 Å². The third-order valence-electron chi connectivity index (χ3n) is 3.57. The Labute approximate surface area is 132 Å². The molecule has 0 fully saturated rings. The van der Waals surface area contributed by atoms with Crippen molar-refractivity contribution in [3.8, 4) is 5.75 Å². The molecule has 1 rings (SSSR count). The molecule has 0 saturated heterocycles. The summed E-state index contributed by atoms with van der Waals surface area (Å²) in [5.74, 6) is 2.40. The Morgan fingerprint density at radius 1 is 1.05 bits per heavy atom. The van der Waals surface area contributed by atoms with Crippen LogP contribution in [-0.4, -0.2) is 28.3 Å². The van der Waals surface area contributed by atoms with E-state index in [1.165, 1.54) is 18.0 Å². The molecule has 0 saturated carbocycles. The number of ether oxygens (including phenoxy) is 1. The second kappa shape index (κ2) is 8.59. The molecule has 0 heterocycles. The molecule has 0 amide bonds. The molecule has 0 aliphatic rings. The van der Waals surface area contributed by atoms with E-state index in [0.29, 0.717) is 0 Å². The Hall–Kier alpha value is -0.803. The topological polar surface area (TPSA) is 21.3 Å². The van der Waals surface area contributed by atoms with Gasteiger partial charge in [0.1, 0.15) is 5.75 Å². The van der Waals surface area contributed by atoms with Crippen LogP contribution in [0.1, 0.15) is 19.4 Å². The van der Waals surface area contributed by atoms with E-state index in [1.807, 2.05) is 0 Å². The molecule has 1 aromatic rings. The van der Waals surface area contributed by atoms with Gasteiger partial charge in [-0.2, -0.15) is 0 Å². The highest BCUT2D eigenvalue weighted by Gasteiger charge is 2.20. The van der Waals surface area contributed by atoms with Crippen molar-refractivity contribution in [1.29, 1.82) is 0 Å². The van der Waals surface area contributed by atoms with Crippen LogP contribution in [0.25, 0.3) is 0 Å². The molecular weight excluding hydrogens is 274 g/mol. The van der Waals surface area contributed by atoms with Crippen molar-refractivity contribution in [3.05, 3.63) is 29.8 Å². The summed E-state index contributed by atoms with van der Waals surface area (Å²) >= 11 is 0. The molecule has 0 spiro atoms. The molecule has 0 aliphatic heterocycles. The Morgan fingerprint density at radius 3 is 2.14 bits per heavy atom. The van der Waals surface area contributed by atoms with E-state index in [2.05, 4.69) is 63.1 Å². The molecule has 3 heteroatoms. The predicted molar refractivity (Wildman–Crippen MR) is 96.0 cm³/mol. The van der Waals surface area contributed by atoms with Gasteiger partial charge in [0.25, 0.3) is 0 Å². The summed E-state index contributed by atoms with van der Waals surface area (Å²) in [4.78, 5) is 0. The van der Waals surface area contributed by atoms with Gasteiger partial charge in [0.2, 0.25) is 0 Å². The monoisotopic (exact) mass is 307 g/mol. The fourth-order valence-corrected chi connectivity index (χ4v) is 4.77. The molecule has 0 radical (unpaired) electrons. The fourth-order valence-electron chi connectivity index (χ4n) is 2.75. The number of benzene rings is 1. The molecule has 0 aliphatic carbocycles. The summed E-state index contributed by atoms with van der Waals surface area (Å²) in [6.07, 6.45) is 1.17. The Morgan fingerprint density at radius 2 is 1.67 bits per heavy atom. The van der Waals surface area contributed by atoms with Crippen LogP contribution in [0.4, 0.5) is 0 Å². The lowest BCUT2D eigenvalue weighted by molar-refractivity contribution is 0.414. The van der Waals surface area contributed by atoms with Gasteiger partial charge in [-0.25, -0.2) is 0 Å². The van der Waals surface area contributed by atoms with Gasteiger partial charge in [0, 0.05) is 8.07 Å². The maximum absolute atomic E-state index is 5.24. The second-order valence-electron chi connectivity index (χ2n) is 7.74. The van der Waals surface area contributed by atoms with Crippen LogP contribution in [0.5, 0.6) is 5.75 Å². The number of methoxy groups -OCH3 is 1. The molecule has 120 valence electrons. The lowest BCUT2D eigenvalue weighted by Crippen LogP contribution is -2.33. The Balaban J connectivity index is 2.61. The molecule has 0 bridgehead atoms. The zero-order valence-corrected chi connectivity index (χ0v) is 15.7. The van der Waals surface area contributed by atoms with Crippen molar-refractivity contribution in [1.82, 2.24) is 5.32 Å². The summed E-state index contributed by atoms with van der Waals surface area (Å²) in [6.45, 7) is 14.2. The standard InChI is InChI=1S/C18H33NOSi/c1-15(2)12-19-13-17(14-21(4,5)6)11-16-7-9-18(20-3)10-8-16/h7-10,15,17,19H,11-14H2,1-6H3. The lowest BCUT2D eigenvalue weighted by Gasteiger charge is -2.25.